The Balaban J connectivity index is 1.99. The number of carboxylic acids is 1. The van der Waals surface area contributed by atoms with Crippen LogP contribution < -0.4 is 4.74 Å². The van der Waals surface area contributed by atoms with Crippen molar-refractivity contribution in [3.8, 4) is 10.8 Å². The van der Waals surface area contributed by atoms with Gasteiger partial charge >= 0.3 is 18.3 Å². The zero-order valence-corrected chi connectivity index (χ0v) is 15.9. The summed E-state index contributed by atoms with van der Waals surface area (Å²) in [6.07, 6.45) is -11.7. The fourth-order valence-corrected chi connectivity index (χ4v) is 3.84. The molecule has 12 heteroatoms. The lowest BCUT2D eigenvalue weighted by Gasteiger charge is -2.18. The number of aromatic nitrogens is 1. The quantitative estimate of drug-likeness (QED) is 0.512. The van der Waals surface area contributed by atoms with E-state index in [0.717, 1.165) is 18.2 Å². The molecule has 0 aliphatic carbocycles. The van der Waals surface area contributed by atoms with Gasteiger partial charge in [-0.2, -0.15) is 22.0 Å². The van der Waals surface area contributed by atoms with Crippen LogP contribution in [0, 0.1) is 12.7 Å². The number of rotatable bonds is 6. The van der Waals surface area contributed by atoms with Crippen LogP contribution in [0.25, 0.3) is 10.9 Å². The molecular formula is C18H13F6NO4S. The molecule has 0 saturated heterocycles. The van der Waals surface area contributed by atoms with Crippen LogP contribution >= 0.6 is 11.3 Å². The van der Waals surface area contributed by atoms with E-state index in [2.05, 4.69) is 4.74 Å². The minimum atomic E-state index is -5.88. The zero-order valence-electron chi connectivity index (χ0n) is 15.1. The molecule has 2 heterocycles. The number of phenols is 1. The zero-order chi connectivity index (χ0) is 22.4. The fraction of sp³-hybridized carbons (Fsp3) is 0.278. The van der Waals surface area contributed by atoms with Crippen molar-refractivity contribution in [2.45, 2.75) is 32.2 Å². The molecule has 0 unspecified atom stereocenters. The number of thiophene rings is 1. The average molecular weight is 453 g/mol. The third-order valence-electron chi connectivity index (χ3n) is 4.36. The molecule has 5 nitrogen and oxygen atoms in total. The van der Waals surface area contributed by atoms with E-state index in [4.69, 9.17) is 5.11 Å². The number of aromatic hydroxyl groups is 1. The maximum absolute atomic E-state index is 13.9. The number of hydrogen-bond acceptors (Lipinski definition) is 4. The molecule has 3 rings (SSSR count). The molecule has 2 N–H and O–H groups in total. The summed E-state index contributed by atoms with van der Waals surface area (Å²) in [5.41, 5.74) is 0.953. The molecule has 0 bridgehead atoms. The van der Waals surface area contributed by atoms with Gasteiger partial charge in [0.25, 0.3) is 0 Å². The summed E-state index contributed by atoms with van der Waals surface area (Å²) in [6, 6.07) is 4.29. The Morgan fingerprint density at radius 3 is 2.47 bits per heavy atom. The summed E-state index contributed by atoms with van der Waals surface area (Å²) in [5, 5.41) is 18.4. The van der Waals surface area contributed by atoms with E-state index in [1.807, 2.05) is 0 Å². The Labute approximate surface area is 168 Å². The van der Waals surface area contributed by atoms with Crippen molar-refractivity contribution in [3.05, 3.63) is 46.2 Å². The lowest BCUT2D eigenvalue weighted by Crippen LogP contribution is -2.41. The number of benzene rings is 1. The van der Waals surface area contributed by atoms with Crippen LogP contribution in [0.3, 0.4) is 0 Å². The van der Waals surface area contributed by atoms with Crippen LogP contribution in [0.1, 0.15) is 16.1 Å². The van der Waals surface area contributed by atoms with Gasteiger partial charge in [-0.05, 0) is 30.7 Å². The SMILES string of the molecule is Cc1c(CC(=O)O)c2cc(O)c(F)cc2n1Cc1ccc(OC(F)(F)C(F)(F)F)s1. The van der Waals surface area contributed by atoms with Crippen LogP contribution in [-0.2, 0) is 17.8 Å². The second-order valence-corrected chi connectivity index (χ2v) is 7.51. The van der Waals surface area contributed by atoms with Crippen molar-refractivity contribution >= 4 is 28.2 Å². The molecule has 0 spiro atoms. The molecule has 30 heavy (non-hydrogen) atoms. The van der Waals surface area contributed by atoms with Gasteiger partial charge in [0, 0.05) is 22.0 Å². The summed E-state index contributed by atoms with van der Waals surface area (Å²) in [7, 11) is 0. The summed E-state index contributed by atoms with van der Waals surface area (Å²) >= 11 is 0.536. The normalized spacial score (nSPS) is 12.5. The highest BCUT2D eigenvalue weighted by Gasteiger charge is 2.61. The first-order valence-electron chi connectivity index (χ1n) is 8.24. The second kappa shape index (κ2) is 7.42. The molecule has 0 aliphatic rings. The van der Waals surface area contributed by atoms with Crippen molar-refractivity contribution < 1.29 is 46.1 Å². The number of halogens is 6. The number of carbonyl (C=O) groups is 1. The summed E-state index contributed by atoms with van der Waals surface area (Å²) < 4.78 is 82.2. The van der Waals surface area contributed by atoms with Gasteiger partial charge in [0.15, 0.2) is 16.6 Å². The molecule has 0 saturated carbocycles. The Kier molecular flexibility index (Phi) is 5.39. The summed E-state index contributed by atoms with van der Waals surface area (Å²) in [6.45, 7) is 1.48. The fourth-order valence-electron chi connectivity index (χ4n) is 2.97. The predicted molar refractivity (Wildman–Crippen MR) is 94.7 cm³/mol. The molecule has 0 atom stereocenters. The molecule has 0 aliphatic heterocycles. The van der Waals surface area contributed by atoms with E-state index in [1.165, 1.54) is 10.6 Å². The molecule has 0 amide bonds. The highest BCUT2D eigenvalue weighted by atomic mass is 32.1. The Hall–Kier alpha value is -2.89. The highest BCUT2D eigenvalue weighted by Crippen LogP contribution is 2.40. The van der Waals surface area contributed by atoms with Crippen LogP contribution in [0.5, 0.6) is 10.8 Å². The molecule has 3 aromatic rings. The third-order valence-corrected chi connectivity index (χ3v) is 5.31. The van der Waals surface area contributed by atoms with Gasteiger partial charge in [-0.15, -0.1) is 11.3 Å². The smallest absolute Gasteiger partial charge is 0.499 e. The molecule has 0 fully saturated rings. The second-order valence-electron chi connectivity index (χ2n) is 6.38. The van der Waals surface area contributed by atoms with E-state index in [-0.39, 0.29) is 17.4 Å². The Bertz CT molecular complexity index is 1120. The lowest BCUT2D eigenvalue weighted by atomic mass is 10.1. The van der Waals surface area contributed by atoms with Crippen LogP contribution in [0.15, 0.2) is 24.3 Å². The number of phenolic OH excluding ortho intramolecular Hbond substituents is 1. The lowest BCUT2D eigenvalue weighted by molar-refractivity contribution is -0.359. The number of carboxylic acid groups (broad SMARTS) is 1. The van der Waals surface area contributed by atoms with Crippen LogP contribution in [0.4, 0.5) is 26.3 Å². The maximum Gasteiger partial charge on any atom is 0.499 e. The number of hydrogen-bond donors (Lipinski definition) is 2. The van der Waals surface area contributed by atoms with E-state index >= 15 is 0 Å². The number of ether oxygens (including phenoxy) is 1. The summed E-state index contributed by atoms with van der Waals surface area (Å²) in [4.78, 5) is 11.5. The van der Waals surface area contributed by atoms with Gasteiger partial charge in [-0.25, -0.2) is 4.39 Å². The largest absolute Gasteiger partial charge is 0.505 e. The van der Waals surface area contributed by atoms with Crippen molar-refractivity contribution in [1.29, 1.82) is 0 Å². The van der Waals surface area contributed by atoms with Gasteiger partial charge in [0.2, 0.25) is 0 Å². The molecule has 2 aromatic heterocycles. The number of nitrogens with zero attached hydrogens (tertiary/aromatic N) is 1. The Morgan fingerprint density at radius 1 is 1.20 bits per heavy atom. The topological polar surface area (TPSA) is 71.7 Å². The van der Waals surface area contributed by atoms with Crippen molar-refractivity contribution in [3.63, 3.8) is 0 Å². The van der Waals surface area contributed by atoms with E-state index < -0.39 is 41.3 Å². The first-order chi connectivity index (χ1) is 13.8. The first kappa shape index (κ1) is 21.8. The minimum Gasteiger partial charge on any atom is -0.505 e. The molecule has 1 aromatic carbocycles. The van der Waals surface area contributed by atoms with E-state index in [9.17, 15) is 36.2 Å². The van der Waals surface area contributed by atoms with Gasteiger partial charge in [-0.1, -0.05) is 0 Å². The number of fused-ring (bicyclic) bond motifs is 1. The van der Waals surface area contributed by atoms with E-state index in [1.54, 1.807) is 6.92 Å². The molecular weight excluding hydrogens is 440 g/mol. The van der Waals surface area contributed by atoms with Crippen LogP contribution in [0.2, 0.25) is 0 Å². The minimum absolute atomic E-state index is 0.0716. The van der Waals surface area contributed by atoms with E-state index in [0.29, 0.717) is 27.5 Å². The van der Waals surface area contributed by atoms with Crippen molar-refractivity contribution in [2.24, 2.45) is 0 Å². The number of alkyl halides is 5. The highest BCUT2D eigenvalue weighted by molar-refractivity contribution is 7.13. The predicted octanol–water partition coefficient (Wildman–Crippen LogP) is 5.07. The van der Waals surface area contributed by atoms with Gasteiger partial charge in [0.05, 0.1) is 18.5 Å². The standard InChI is InChI=1S/C18H13F6NO4S/c1-8-10(5-15(27)28)11-4-14(26)12(19)6-13(11)25(8)7-9-2-3-16(30-9)29-18(23,24)17(20,21)22/h2-4,6,26H,5,7H2,1H3,(H,27,28). The maximum atomic E-state index is 13.9. The third kappa shape index (κ3) is 4.04. The average Bonchev–Trinajstić information content (AvgIpc) is 3.13. The number of aliphatic carboxylic acids is 1. The van der Waals surface area contributed by atoms with Gasteiger partial charge in [-0.3, -0.25) is 4.79 Å². The molecule has 0 radical (unpaired) electrons. The van der Waals surface area contributed by atoms with Crippen LogP contribution in [-0.4, -0.2) is 33.0 Å². The van der Waals surface area contributed by atoms with Crippen molar-refractivity contribution in [2.75, 3.05) is 0 Å². The van der Waals surface area contributed by atoms with Crippen molar-refractivity contribution in [1.82, 2.24) is 4.57 Å². The van der Waals surface area contributed by atoms with Gasteiger partial charge in [0.1, 0.15) is 0 Å². The first-order valence-corrected chi connectivity index (χ1v) is 9.06. The molecule has 162 valence electrons. The monoisotopic (exact) mass is 453 g/mol. The Morgan fingerprint density at radius 2 is 1.87 bits per heavy atom. The summed E-state index contributed by atoms with van der Waals surface area (Å²) in [5.74, 6) is -2.79. The van der Waals surface area contributed by atoms with Gasteiger partial charge < -0.3 is 19.5 Å².